The second-order valence-electron chi connectivity index (χ2n) is 11.1. The van der Waals surface area contributed by atoms with Gasteiger partial charge in [0.15, 0.2) is 0 Å². The van der Waals surface area contributed by atoms with Crippen LogP contribution in [0, 0.1) is 0 Å². The molecule has 1 aliphatic rings. The van der Waals surface area contributed by atoms with Crippen LogP contribution in [0.15, 0.2) is 89.7 Å². The van der Waals surface area contributed by atoms with Crippen LogP contribution >= 0.6 is 23.2 Å². The lowest BCUT2D eigenvalue weighted by Crippen LogP contribution is -2.28. The number of ether oxygens (including phenoxy) is 1. The Labute approximate surface area is 274 Å². The van der Waals surface area contributed by atoms with E-state index < -0.39 is 0 Å². The monoisotopic (exact) mass is 634 g/mol. The topological polar surface area (TPSA) is 62.9 Å². The first-order valence-corrected chi connectivity index (χ1v) is 16.4. The number of hydrogen-bond acceptors (Lipinski definition) is 5. The van der Waals surface area contributed by atoms with Gasteiger partial charge in [-0.1, -0.05) is 99.4 Å². The standard InChI is InChI=1S/C28H27Cl2N3.C9H21NO/c1-3-6-19-9-12-22(13-10-19)33-18(2)32-17-21-15-25(20-11-14-26(29)27(30)16-20)23-7-4-5-8-24(23)28(21)31;1-4-6-10(7-5-2)8-9-11-3/h4-5,7-14,16-17,25,33H,2-3,6,15,31H2,1H3;4-9H2,1-3H3/b32-17-;. The lowest BCUT2D eigenvalue weighted by molar-refractivity contribution is 0.147. The van der Waals surface area contributed by atoms with Gasteiger partial charge < -0.3 is 20.7 Å². The Bertz CT molecular complexity index is 1390. The van der Waals surface area contributed by atoms with Crippen molar-refractivity contribution in [1.29, 1.82) is 0 Å². The highest BCUT2D eigenvalue weighted by molar-refractivity contribution is 6.42. The van der Waals surface area contributed by atoms with Crippen molar-refractivity contribution in [2.24, 2.45) is 10.7 Å². The maximum absolute atomic E-state index is 6.56. The molecule has 3 aromatic rings. The molecule has 0 aromatic heterocycles. The zero-order valence-electron chi connectivity index (χ0n) is 26.7. The summed E-state index contributed by atoms with van der Waals surface area (Å²) in [5, 5.41) is 4.35. The van der Waals surface area contributed by atoms with E-state index in [4.69, 9.17) is 33.7 Å². The van der Waals surface area contributed by atoms with Crippen molar-refractivity contribution in [3.63, 3.8) is 0 Å². The number of allylic oxidation sites excluding steroid dienone is 1. The molecule has 1 aliphatic carbocycles. The Hall–Kier alpha value is -3.09. The van der Waals surface area contributed by atoms with Gasteiger partial charge in [-0.2, -0.15) is 0 Å². The molecule has 0 bridgehead atoms. The van der Waals surface area contributed by atoms with Crippen molar-refractivity contribution in [3.8, 4) is 0 Å². The minimum Gasteiger partial charge on any atom is -0.398 e. The highest BCUT2D eigenvalue weighted by atomic mass is 35.5. The van der Waals surface area contributed by atoms with Gasteiger partial charge in [-0.15, -0.1) is 0 Å². The van der Waals surface area contributed by atoms with Gasteiger partial charge in [0.05, 0.1) is 16.7 Å². The molecule has 0 heterocycles. The van der Waals surface area contributed by atoms with Crippen LogP contribution in [0.1, 0.15) is 74.6 Å². The van der Waals surface area contributed by atoms with Crippen molar-refractivity contribution in [2.75, 3.05) is 38.7 Å². The summed E-state index contributed by atoms with van der Waals surface area (Å²) in [7, 11) is 1.76. The largest absolute Gasteiger partial charge is 0.398 e. The molecule has 1 atom stereocenters. The van der Waals surface area contributed by atoms with E-state index in [2.05, 4.69) is 72.9 Å². The average Bonchev–Trinajstić information content (AvgIpc) is 3.03. The SMILES string of the molecule is C=C(/N=C\C1=C(N)c2ccccc2C(c2ccc(Cl)c(Cl)c2)C1)Nc1ccc(CCC)cc1.CCCN(CCC)CCOC. The average molecular weight is 636 g/mol. The third-order valence-corrected chi connectivity index (χ3v) is 8.33. The highest BCUT2D eigenvalue weighted by Crippen LogP contribution is 2.41. The number of nitrogens with two attached hydrogens (primary N) is 1. The first kappa shape index (κ1) is 35.4. The number of benzene rings is 3. The fourth-order valence-electron chi connectivity index (χ4n) is 5.39. The summed E-state index contributed by atoms with van der Waals surface area (Å²) < 4.78 is 5.02. The van der Waals surface area contributed by atoms with Crippen molar-refractivity contribution in [3.05, 3.63) is 117 Å². The molecule has 0 radical (unpaired) electrons. The summed E-state index contributed by atoms with van der Waals surface area (Å²) in [5.74, 6) is 0.667. The van der Waals surface area contributed by atoms with E-state index in [1.807, 2.05) is 42.6 Å². The third-order valence-electron chi connectivity index (χ3n) is 7.59. The summed E-state index contributed by atoms with van der Waals surface area (Å²) >= 11 is 12.5. The molecule has 0 spiro atoms. The molecule has 3 N–H and O–H groups in total. The Morgan fingerprint density at radius 2 is 1.68 bits per heavy atom. The number of rotatable bonds is 14. The molecular weight excluding hydrogens is 587 g/mol. The van der Waals surface area contributed by atoms with E-state index in [9.17, 15) is 0 Å². The summed E-state index contributed by atoms with van der Waals surface area (Å²) in [5.41, 5.74) is 13.8. The van der Waals surface area contributed by atoms with Gasteiger partial charge in [-0.25, -0.2) is 4.99 Å². The second-order valence-corrected chi connectivity index (χ2v) is 11.9. The molecule has 4 rings (SSSR count). The quantitative estimate of drug-likeness (QED) is 0.173. The van der Waals surface area contributed by atoms with E-state index >= 15 is 0 Å². The summed E-state index contributed by atoms with van der Waals surface area (Å²) in [6.45, 7) is 15.0. The first-order chi connectivity index (χ1) is 21.3. The lowest BCUT2D eigenvalue weighted by Gasteiger charge is -2.28. The summed E-state index contributed by atoms with van der Waals surface area (Å²) in [4.78, 5) is 7.02. The van der Waals surface area contributed by atoms with Crippen LogP contribution in [0.4, 0.5) is 5.69 Å². The van der Waals surface area contributed by atoms with Crippen LogP contribution < -0.4 is 11.1 Å². The van der Waals surface area contributed by atoms with E-state index in [1.54, 1.807) is 7.11 Å². The number of halogens is 2. The maximum atomic E-state index is 6.56. The summed E-state index contributed by atoms with van der Waals surface area (Å²) in [6, 6.07) is 22.4. The van der Waals surface area contributed by atoms with Crippen molar-refractivity contribution >= 4 is 40.8 Å². The minimum absolute atomic E-state index is 0.108. The number of nitrogens with zero attached hydrogens (tertiary/aromatic N) is 2. The molecule has 236 valence electrons. The predicted molar refractivity (Wildman–Crippen MR) is 191 cm³/mol. The Kier molecular flexibility index (Phi) is 15.0. The van der Waals surface area contributed by atoms with Gasteiger partial charge in [0, 0.05) is 42.7 Å². The third kappa shape index (κ3) is 10.5. The number of aliphatic imine (C=N–C) groups is 1. The molecule has 1 unspecified atom stereocenters. The number of anilines is 1. The van der Waals surface area contributed by atoms with Crippen molar-refractivity contribution in [2.45, 2.75) is 58.8 Å². The normalized spacial score (nSPS) is 14.4. The van der Waals surface area contributed by atoms with E-state index in [-0.39, 0.29) is 5.92 Å². The fourth-order valence-corrected chi connectivity index (χ4v) is 5.70. The summed E-state index contributed by atoms with van der Waals surface area (Å²) in [6.07, 6.45) is 7.22. The van der Waals surface area contributed by atoms with Gasteiger partial charge >= 0.3 is 0 Å². The Balaban J connectivity index is 0.000000411. The molecule has 0 fully saturated rings. The van der Waals surface area contributed by atoms with Gasteiger partial charge in [-0.05, 0) is 85.3 Å². The number of aryl methyl sites for hydroxylation is 1. The van der Waals surface area contributed by atoms with E-state index in [0.29, 0.717) is 22.3 Å². The molecule has 5 nitrogen and oxygen atoms in total. The van der Waals surface area contributed by atoms with Crippen LogP contribution in [0.3, 0.4) is 0 Å². The maximum Gasteiger partial charge on any atom is 0.123 e. The Morgan fingerprint density at radius 3 is 2.32 bits per heavy atom. The van der Waals surface area contributed by atoms with Crippen molar-refractivity contribution in [1.82, 2.24) is 4.90 Å². The molecule has 3 aromatic carbocycles. The first-order valence-electron chi connectivity index (χ1n) is 15.6. The van der Waals surface area contributed by atoms with E-state index in [0.717, 1.165) is 54.1 Å². The molecule has 0 aliphatic heterocycles. The molecule has 0 saturated heterocycles. The van der Waals surface area contributed by atoms with Crippen LogP contribution in [0.2, 0.25) is 10.0 Å². The van der Waals surface area contributed by atoms with Crippen LogP contribution in [0.25, 0.3) is 5.70 Å². The second kappa shape index (κ2) is 18.7. The minimum atomic E-state index is 0.108. The number of fused-ring (bicyclic) bond motifs is 1. The molecule has 0 amide bonds. The molecule has 7 heteroatoms. The molecule has 44 heavy (non-hydrogen) atoms. The number of nitrogens with one attached hydrogen (secondary N) is 1. The van der Waals surface area contributed by atoms with Gasteiger partial charge in [0.25, 0.3) is 0 Å². The van der Waals surface area contributed by atoms with Gasteiger partial charge in [0.1, 0.15) is 5.82 Å². The number of methoxy groups -OCH3 is 1. The van der Waals surface area contributed by atoms with E-state index in [1.165, 1.54) is 37.1 Å². The number of hydrogen-bond donors (Lipinski definition) is 2. The molecular formula is C37H48Cl2N4O. The fraction of sp³-hybridized carbons (Fsp3) is 0.378. The Morgan fingerprint density at radius 1 is 0.977 bits per heavy atom. The van der Waals surface area contributed by atoms with Crippen LogP contribution in [-0.2, 0) is 11.2 Å². The van der Waals surface area contributed by atoms with Crippen LogP contribution in [-0.4, -0.2) is 44.5 Å². The zero-order chi connectivity index (χ0) is 31.9. The lowest BCUT2D eigenvalue weighted by atomic mass is 9.78. The van der Waals surface area contributed by atoms with Crippen LogP contribution in [0.5, 0.6) is 0 Å². The van der Waals surface area contributed by atoms with Gasteiger partial charge in [0.2, 0.25) is 0 Å². The predicted octanol–water partition coefficient (Wildman–Crippen LogP) is 9.56. The van der Waals surface area contributed by atoms with Gasteiger partial charge in [-0.3, -0.25) is 0 Å². The zero-order valence-corrected chi connectivity index (χ0v) is 28.2. The smallest absolute Gasteiger partial charge is 0.123 e. The molecule has 0 saturated carbocycles. The highest BCUT2D eigenvalue weighted by Gasteiger charge is 2.26. The van der Waals surface area contributed by atoms with Crippen molar-refractivity contribution < 1.29 is 4.74 Å².